The summed E-state index contributed by atoms with van der Waals surface area (Å²) in [5.74, 6) is 0.851. The predicted octanol–water partition coefficient (Wildman–Crippen LogP) is 4.09. The van der Waals surface area contributed by atoms with Gasteiger partial charge in [-0.25, -0.2) is 9.78 Å². The maximum Gasteiger partial charge on any atom is 0.339 e. The minimum absolute atomic E-state index is 0.00688. The minimum atomic E-state index is -0.456. The molecule has 2 fully saturated rings. The molecule has 2 aromatic heterocycles. The number of anilines is 4. The maximum atomic E-state index is 13.5. The number of hydrogen-bond donors (Lipinski definition) is 3. The van der Waals surface area contributed by atoms with Crippen LogP contribution in [0.4, 0.5) is 23.1 Å². The van der Waals surface area contributed by atoms with Crippen LogP contribution in [0.3, 0.4) is 0 Å². The van der Waals surface area contributed by atoms with Gasteiger partial charge in [-0.05, 0) is 56.3 Å². The van der Waals surface area contributed by atoms with Gasteiger partial charge >= 0.3 is 5.97 Å². The molecule has 4 aromatic rings. The molecule has 0 saturated carbocycles. The van der Waals surface area contributed by atoms with Crippen molar-refractivity contribution in [3.05, 3.63) is 65.9 Å². The van der Waals surface area contributed by atoms with Crippen molar-refractivity contribution in [2.45, 2.75) is 18.9 Å². The Morgan fingerprint density at radius 3 is 2.43 bits per heavy atom. The van der Waals surface area contributed by atoms with Crippen molar-refractivity contribution in [2.75, 3.05) is 71.2 Å². The zero-order valence-electron chi connectivity index (χ0n) is 25.3. The Kier molecular flexibility index (Phi) is 8.62. The van der Waals surface area contributed by atoms with Crippen LogP contribution < -0.4 is 15.4 Å². The number of rotatable bonds is 8. The lowest BCUT2D eigenvalue weighted by atomic mass is 10.0. The molecule has 0 aliphatic carbocycles. The Bertz CT molecular complexity index is 1640. The first-order valence-electron chi connectivity index (χ1n) is 14.9. The number of hydrogen-bond acceptors (Lipinski definition) is 10. The number of aromatic amines is 1. The molecule has 2 aliphatic rings. The number of carbonyl (C=O) groups excluding carboxylic acids is 2. The van der Waals surface area contributed by atoms with E-state index < -0.39 is 5.97 Å². The quantitative estimate of drug-likeness (QED) is 0.255. The summed E-state index contributed by atoms with van der Waals surface area (Å²) in [6.07, 6.45) is 3.76. The van der Waals surface area contributed by atoms with Crippen molar-refractivity contribution in [1.82, 2.24) is 29.7 Å². The van der Waals surface area contributed by atoms with Gasteiger partial charge in [-0.3, -0.25) is 9.69 Å². The van der Waals surface area contributed by atoms with E-state index in [1.807, 2.05) is 23.1 Å². The number of fused-ring (bicyclic) bond motifs is 1. The van der Waals surface area contributed by atoms with Crippen LogP contribution in [0.25, 0.3) is 11.0 Å². The van der Waals surface area contributed by atoms with Crippen LogP contribution in [0.2, 0.25) is 0 Å². The molecule has 0 spiro atoms. The third-order valence-corrected chi connectivity index (χ3v) is 8.49. The summed E-state index contributed by atoms with van der Waals surface area (Å²) in [6, 6.07) is 14.8. The average molecular weight is 599 g/mol. The molecule has 0 unspecified atom stereocenters. The highest BCUT2D eigenvalue weighted by Crippen LogP contribution is 2.32. The van der Waals surface area contributed by atoms with E-state index in [0.29, 0.717) is 57.1 Å². The second-order valence-corrected chi connectivity index (χ2v) is 11.2. The van der Waals surface area contributed by atoms with Gasteiger partial charge < -0.3 is 34.9 Å². The fraction of sp³-hybridized carbons (Fsp3) is 0.375. The minimum Gasteiger partial charge on any atom is -0.495 e. The second-order valence-electron chi connectivity index (χ2n) is 11.2. The highest BCUT2D eigenvalue weighted by atomic mass is 16.5. The van der Waals surface area contributed by atoms with Crippen LogP contribution in [-0.4, -0.2) is 108 Å². The monoisotopic (exact) mass is 598 g/mol. The highest BCUT2D eigenvalue weighted by molar-refractivity contribution is 5.98. The molecule has 2 aliphatic heterocycles. The number of amides is 1. The molecule has 0 bridgehead atoms. The van der Waals surface area contributed by atoms with E-state index in [-0.39, 0.29) is 5.91 Å². The van der Waals surface area contributed by atoms with Crippen LogP contribution in [0.5, 0.6) is 5.75 Å². The van der Waals surface area contributed by atoms with Gasteiger partial charge in [-0.1, -0.05) is 12.1 Å². The first-order valence-corrected chi connectivity index (χ1v) is 14.9. The van der Waals surface area contributed by atoms with Gasteiger partial charge in [0.05, 0.1) is 36.7 Å². The van der Waals surface area contributed by atoms with E-state index in [0.717, 1.165) is 52.1 Å². The van der Waals surface area contributed by atoms with Gasteiger partial charge in [-0.2, -0.15) is 4.98 Å². The van der Waals surface area contributed by atoms with Crippen LogP contribution in [0, 0.1) is 0 Å². The number of methoxy groups -OCH3 is 2. The molecule has 2 saturated heterocycles. The van der Waals surface area contributed by atoms with Gasteiger partial charge in [0.1, 0.15) is 11.3 Å². The fourth-order valence-corrected chi connectivity index (χ4v) is 5.95. The zero-order valence-corrected chi connectivity index (χ0v) is 25.3. The third kappa shape index (κ3) is 6.17. The average Bonchev–Trinajstić information content (AvgIpc) is 3.54. The SMILES string of the molecule is COC(=O)c1ccccc1Nc1nc(Nc2ccc(C(=O)N3CCC(N4CCN(C)CC4)CC3)cc2OC)nc2cc[nH]c12. The predicted molar refractivity (Wildman–Crippen MR) is 169 cm³/mol. The van der Waals surface area contributed by atoms with E-state index in [2.05, 4.69) is 37.4 Å². The van der Waals surface area contributed by atoms with Crippen LogP contribution in [0.1, 0.15) is 33.6 Å². The normalized spacial score (nSPS) is 16.6. The van der Waals surface area contributed by atoms with E-state index in [4.69, 9.17) is 14.5 Å². The van der Waals surface area contributed by atoms with Crippen LogP contribution in [0.15, 0.2) is 54.7 Å². The number of esters is 1. The number of likely N-dealkylation sites (tertiary alicyclic amines) is 1. The van der Waals surface area contributed by atoms with Crippen LogP contribution >= 0.6 is 0 Å². The molecule has 12 heteroatoms. The Morgan fingerprint density at radius 1 is 0.909 bits per heavy atom. The van der Waals surface area contributed by atoms with Gasteiger partial charge in [0.2, 0.25) is 5.95 Å². The number of likely N-dealkylation sites (N-methyl/N-ethyl adjacent to an activating group) is 1. The standard InChI is InChI=1S/C32H38N8O4/c1-38-16-18-39(19-17-38)22-11-14-40(15-12-22)30(41)21-8-9-25(27(20-21)43-2)35-32-36-26-10-13-33-28(26)29(37-32)34-24-7-5-4-6-23(24)31(42)44-3/h4-10,13,20,22,33H,11-12,14-19H2,1-3H3,(H2,34,35,36,37). The Labute approximate surface area is 256 Å². The lowest BCUT2D eigenvalue weighted by molar-refractivity contribution is 0.0518. The van der Waals surface area contributed by atoms with Crippen molar-refractivity contribution in [2.24, 2.45) is 0 Å². The maximum absolute atomic E-state index is 13.5. The van der Waals surface area contributed by atoms with E-state index >= 15 is 0 Å². The molecule has 0 atom stereocenters. The molecule has 44 heavy (non-hydrogen) atoms. The summed E-state index contributed by atoms with van der Waals surface area (Å²) in [5.41, 5.74) is 3.48. The molecule has 4 heterocycles. The number of benzene rings is 2. The van der Waals surface area contributed by atoms with Crippen molar-refractivity contribution in [3.63, 3.8) is 0 Å². The number of H-pyrrole nitrogens is 1. The number of carbonyl (C=O) groups is 2. The number of piperidine rings is 1. The molecule has 6 rings (SSSR count). The number of aromatic nitrogens is 3. The van der Waals surface area contributed by atoms with Gasteiger partial charge in [-0.15, -0.1) is 0 Å². The summed E-state index contributed by atoms with van der Waals surface area (Å²) in [5, 5.41) is 6.49. The van der Waals surface area contributed by atoms with Gasteiger partial charge in [0, 0.05) is 57.1 Å². The molecular formula is C32H38N8O4. The molecule has 12 nitrogen and oxygen atoms in total. The van der Waals surface area contributed by atoms with E-state index in [9.17, 15) is 9.59 Å². The number of nitrogens with one attached hydrogen (secondary N) is 3. The highest BCUT2D eigenvalue weighted by Gasteiger charge is 2.29. The van der Waals surface area contributed by atoms with Gasteiger partial charge in [0.25, 0.3) is 5.91 Å². The third-order valence-electron chi connectivity index (χ3n) is 8.49. The first kappa shape index (κ1) is 29.4. The summed E-state index contributed by atoms with van der Waals surface area (Å²) in [4.78, 5) is 45.2. The summed E-state index contributed by atoms with van der Waals surface area (Å²) in [7, 11) is 5.09. The smallest absolute Gasteiger partial charge is 0.339 e. The van der Waals surface area contributed by atoms with Crippen molar-refractivity contribution < 1.29 is 19.1 Å². The Hall–Kier alpha value is -4.68. The first-order chi connectivity index (χ1) is 21.4. The molecule has 0 radical (unpaired) electrons. The largest absolute Gasteiger partial charge is 0.495 e. The topological polar surface area (TPSA) is 128 Å². The number of ether oxygens (including phenoxy) is 2. The molecule has 1 amide bonds. The van der Waals surface area contributed by atoms with Crippen molar-refractivity contribution in [3.8, 4) is 5.75 Å². The Morgan fingerprint density at radius 2 is 1.68 bits per heavy atom. The van der Waals surface area contributed by atoms with Crippen LogP contribution in [-0.2, 0) is 4.74 Å². The van der Waals surface area contributed by atoms with Crippen molar-refractivity contribution in [1.29, 1.82) is 0 Å². The summed E-state index contributed by atoms with van der Waals surface area (Å²) >= 11 is 0. The lowest BCUT2D eigenvalue weighted by Gasteiger charge is -2.42. The summed E-state index contributed by atoms with van der Waals surface area (Å²) < 4.78 is 10.6. The number of nitrogens with zero attached hydrogens (tertiary/aromatic N) is 5. The summed E-state index contributed by atoms with van der Waals surface area (Å²) in [6.45, 7) is 5.89. The van der Waals surface area contributed by atoms with E-state index in [1.54, 1.807) is 43.6 Å². The zero-order chi connectivity index (χ0) is 30.6. The fourth-order valence-electron chi connectivity index (χ4n) is 5.95. The molecule has 3 N–H and O–H groups in total. The Balaban J connectivity index is 1.17. The van der Waals surface area contributed by atoms with Crippen molar-refractivity contribution >= 4 is 46.1 Å². The molecule has 2 aromatic carbocycles. The lowest BCUT2D eigenvalue weighted by Crippen LogP contribution is -2.52. The molecule has 230 valence electrons. The number of piperazine rings is 1. The molecular weight excluding hydrogens is 560 g/mol. The second kappa shape index (κ2) is 12.9. The van der Waals surface area contributed by atoms with E-state index in [1.165, 1.54) is 7.11 Å². The van der Waals surface area contributed by atoms with Gasteiger partial charge in [0.15, 0.2) is 5.82 Å². The number of para-hydroxylation sites is 1.